The van der Waals surface area contributed by atoms with Crippen molar-refractivity contribution in [3.63, 3.8) is 0 Å². The number of nitrogens with zero attached hydrogens (tertiary/aromatic N) is 1. The second-order valence-electron chi connectivity index (χ2n) is 7.41. The van der Waals surface area contributed by atoms with Crippen molar-refractivity contribution < 1.29 is 29.5 Å². The van der Waals surface area contributed by atoms with Gasteiger partial charge in [0, 0.05) is 12.5 Å². The zero-order valence-electron chi connectivity index (χ0n) is 15.5. The van der Waals surface area contributed by atoms with Crippen LogP contribution in [0, 0.1) is 11.8 Å². The summed E-state index contributed by atoms with van der Waals surface area (Å²) in [6, 6.07) is 14.8. The molecule has 0 radical (unpaired) electrons. The maximum absolute atomic E-state index is 13.3. The van der Waals surface area contributed by atoms with E-state index in [4.69, 9.17) is 4.74 Å². The molecule has 0 aliphatic carbocycles. The number of para-hydroxylation sites is 1. The number of benzene rings is 2. The van der Waals surface area contributed by atoms with E-state index in [0.29, 0.717) is 5.69 Å². The number of methoxy groups -OCH3 is 1. The van der Waals surface area contributed by atoms with E-state index in [0.717, 1.165) is 5.56 Å². The first kappa shape index (κ1) is 18.2. The Balaban J connectivity index is 1.82. The van der Waals surface area contributed by atoms with Crippen LogP contribution < -0.4 is 10.2 Å². The quantitative estimate of drug-likeness (QED) is 0.604. The van der Waals surface area contributed by atoms with Crippen molar-refractivity contribution in [3.8, 4) is 5.75 Å². The van der Waals surface area contributed by atoms with Crippen LogP contribution in [-0.2, 0) is 19.1 Å². The number of nitrogens with two attached hydrogens (primary N) is 1. The van der Waals surface area contributed by atoms with Crippen molar-refractivity contribution in [2.75, 3.05) is 12.0 Å². The Kier molecular flexibility index (Phi) is 4.19. The Hall–Kier alpha value is -3.19. The van der Waals surface area contributed by atoms with E-state index in [1.165, 1.54) is 24.1 Å². The number of hydrogen-bond donors (Lipinski definition) is 2. The summed E-state index contributed by atoms with van der Waals surface area (Å²) < 4.78 is 4.98. The van der Waals surface area contributed by atoms with Crippen LogP contribution in [0.1, 0.15) is 18.5 Å². The fourth-order valence-electron chi connectivity index (χ4n) is 4.51. The molecule has 2 heterocycles. The first-order valence-corrected chi connectivity index (χ1v) is 9.04. The fourth-order valence-corrected chi connectivity index (χ4v) is 4.51. The van der Waals surface area contributed by atoms with Crippen molar-refractivity contribution >= 4 is 23.5 Å². The minimum Gasteiger partial charge on any atom is -0.508 e. The third kappa shape index (κ3) is 2.51. The number of rotatable bonds is 3. The number of ether oxygens (including phenoxy) is 1. The molecule has 0 spiro atoms. The number of esters is 1. The highest BCUT2D eigenvalue weighted by atomic mass is 16.5. The number of imide groups is 1. The normalized spacial score (nSPS) is 29.1. The molecule has 0 saturated carbocycles. The van der Waals surface area contributed by atoms with E-state index >= 15 is 0 Å². The number of anilines is 1. The van der Waals surface area contributed by atoms with Crippen LogP contribution in [0.2, 0.25) is 0 Å². The smallest absolute Gasteiger partial charge is 0.368 e. The molecule has 4 rings (SSSR count). The maximum atomic E-state index is 13.3. The van der Waals surface area contributed by atoms with Crippen molar-refractivity contribution in [1.82, 2.24) is 0 Å². The summed E-state index contributed by atoms with van der Waals surface area (Å²) >= 11 is 0. The van der Waals surface area contributed by atoms with Gasteiger partial charge in [0.05, 0.1) is 12.8 Å². The van der Waals surface area contributed by atoms with E-state index in [1.54, 1.807) is 54.7 Å². The van der Waals surface area contributed by atoms with Crippen LogP contribution in [-0.4, -0.2) is 35.5 Å². The molecule has 144 valence electrons. The summed E-state index contributed by atoms with van der Waals surface area (Å²) in [6.07, 6.45) is 0. The molecule has 3 N–H and O–H groups in total. The highest BCUT2D eigenvalue weighted by Gasteiger charge is 2.70. The number of hydrogen-bond acceptors (Lipinski definition) is 5. The number of carbonyl (C=O) groups is 3. The van der Waals surface area contributed by atoms with Crippen LogP contribution in [0.4, 0.5) is 5.69 Å². The highest BCUT2D eigenvalue weighted by molar-refractivity contribution is 6.23. The van der Waals surface area contributed by atoms with Gasteiger partial charge < -0.3 is 15.2 Å². The highest BCUT2D eigenvalue weighted by Crippen LogP contribution is 2.45. The Morgan fingerprint density at radius 1 is 1.07 bits per heavy atom. The molecule has 2 aromatic rings. The van der Waals surface area contributed by atoms with Gasteiger partial charge >= 0.3 is 5.97 Å². The molecule has 2 amide bonds. The van der Waals surface area contributed by atoms with Gasteiger partial charge in [0.15, 0.2) is 0 Å². The zero-order valence-corrected chi connectivity index (χ0v) is 15.5. The fraction of sp³-hybridized carbons (Fsp3) is 0.286. The molecule has 4 atom stereocenters. The van der Waals surface area contributed by atoms with Gasteiger partial charge in [-0.05, 0) is 36.4 Å². The van der Waals surface area contributed by atoms with E-state index in [2.05, 4.69) is 0 Å². The molecule has 28 heavy (non-hydrogen) atoms. The van der Waals surface area contributed by atoms with Crippen LogP contribution in [0.15, 0.2) is 54.6 Å². The average molecular weight is 381 g/mol. The number of carbonyl (C=O) groups excluding carboxylic acids is 3. The van der Waals surface area contributed by atoms with Crippen molar-refractivity contribution in [2.45, 2.75) is 18.5 Å². The maximum Gasteiger partial charge on any atom is 0.368 e. The molecule has 0 aromatic heterocycles. The van der Waals surface area contributed by atoms with Gasteiger partial charge in [-0.25, -0.2) is 9.69 Å². The van der Waals surface area contributed by atoms with Gasteiger partial charge in [-0.15, -0.1) is 0 Å². The lowest BCUT2D eigenvalue weighted by molar-refractivity contribution is -0.730. The number of amides is 2. The Labute approximate surface area is 161 Å². The van der Waals surface area contributed by atoms with E-state index < -0.39 is 35.3 Å². The molecule has 2 fully saturated rings. The Morgan fingerprint density at radius 3 is 2.32 bits per heavy atom. The third-order valence-electron chi connectivity index (χ3n) is 5.83. The molecule has 2 aromatic carbocycles. The van der Waals surface area contributed by atoms with Crippen LogP contribution in [0.3, 0.4) is 0 Å². The second kappa shape index (κ2) is 6.45. The zero-order chi connectivity index (χ0) is 20.1. The lowest BCUT2D eigenvalue weighted by Crippen LogP contribution is -2.97. The summed E-state index contributed by atoms with van der Waals surface area (Å²) in [5.41, 5.74) is 0.0261. The minimum atomic E-state index is -1.22. The predicted octanol–water partition coefficient (Wildman–Crippen LogP) is 0.748. The standard InChI is InChI=1S/C21H20N2O5/c1-21(20(27)28-2)16-15(17(22-21)12-8-10-14(24)11-9-12)18(25)23(19(16)26)13-6-4-3-5-7-13/h3-11,15-17,22,24H,1-2H3/p+1/t15-,16-,17-,21-/m0/s1. The van der Waals surface area contributed by atoms with Crippen molar-refractivity contribution in [1.29, 1.82) is 0 Å². The molecular weight excluding hydrogens is 360 g/mol. The number of aromatic hydroxyl groups is 1. The largest absolute Gasteiger partial charge is 0.508 e. The van der Waals surface area contributed by atoms with Crippen molar-refractivity contribution in [3.05, 3.63) is 60.2 Å². The topological polar surface area (TPSA) is 101 Å². The number of phenolic OH excluding ortho intramolecular Hbond substituents is 1. The van der Waals surface area contributed by atoms with Gasteiger partial charge in [-0.1, -0.05) is 18.2 Å². The molecule has 0 unspecified atom stereocenters. The van der Waals surface area contributed by atoms with Gasteiger partial charge in [0.1, 0.15) is 23.6 Å². The molecular formula is C21H21N2O5+. The van der Waals surface area contributed by atoms with E-state index in [1.807, 2.05) is 0 Å². The van der Waals surface area contributed by atoms with Gasteiger partial charge in [0.2, 0.25) is 17.4 Å². The van der Waals surface area contributed by atoms with Gasteiger partial charge in [0.25, 0.3) is 0 Å². The summed E-state index contributed by atoms with van der Waals surface area (Å²) in [5.74, 6) is -2.71. The van der Waals surface area contributed by atoms with Gasteiger partial charge in [-0.3, -0.25) is 9.59 Å². The minimum absolute atomic E-state index is 0.105. The molecule has 7 nitrogen and oxygen atoms in total. The summed E-state index contributed by atoms with van der Waals surface area (Å²) in [7, 11) is 1.28. The van der Waals surface area contributed by atoms with Crippen LogP contribution in [0.5, 0.6) is 5.75 Å². The SMILES string of the molecule is COC(=O)[C@@]1(C)[NH2+][C@@H](c2ccc(O)cc2)[C@H]2C(=O)N(c3ccccc3)C(=O)[C@H]21. The van der Waals surface area contributed by atoms with Crippen LogP contribution in [0.25, 0.3) is 0 Å². The Morgan fingerprint density at radius 2 is 1.71 bits per heavy atom. The van der Waals surface area contributed by atoms with Crippen LogP contribution >= 0.6 is 0 Å². The number of quaternary nitrogens is 1. The predicted molar refractivity (Wildman–Crippen MR) is 99.1 cm³/mol. The van der Waals surface area contributed by atoms with Gasteiger partial charge in [-0.2, -0.15) is 0 Å². The Bertz CT molecular complexity index is 943. The molecule has 0 bridgehead atoms. The molecule has 7 heteroatoms. The third-order valence-corrected chi connectivity index (χ3v) is 5.83. The number of fused-ring (bicyclic) bond motifs is 1. The van der Waals surface area contributed by atoms with E-state index in [-0.39, 0.29) is 11.7 Å². The monoisotopic (exact) mass is 381 g/mol. The second-order valence-corrected chi connectivity index (χ2v) is 7.41. The van der Waals surface area contributed by atoms with E-state index in [9.17, 15) is 19.5 Å². The average Bonchev–Trinajstić information content (AvgIpc) is 3.16. The van der Waals surface area contributed by atoms with Crippen molar-refractivity contribution in [2.24, 2.45) is 11.8 Å². The lowest BCUT2D eigenvalue weighted by Gasteiger charge is -2.25. The molecule has 2 aliphatic heterocycles. The summed E-state index contributed by atoms with van der Waals surface area (Å²) in [6.45, 7) is 1.65. The molecule has 2 aliphatic rings. The first-order valence-electron chi connectivity index (χ1n) is 9.04. The molecule has 2 saturated heterocycles. The summed E-state index contributed by atoms with van der Waals surface area (Å²) in [5, 5.41) is 11.3. The lowest BCUT2D eigenvalue weighted by atomic mass is 9.80. The number of phenols is 1. The summed E-state index contributed by atoms with van der Waals surface area (Å²) in [4.78, 5) is 40.4. The first-order chi connectivity index (χ1) is 13.4.